The number of rotatable bonds is 5. The van der Waals surface area contributed by atoms with Crippen LogP contribution in [-0.2, 0) is 7.05 Å². The SMILES string of the molecule is CN(C)CCCNc1cnn(C)c(=O)c1Br. The van der Waals surface area contributed by atoms with Gasteiger partial charge in [0.1, 0.15) is 4.47 Å². The molecule has 1 N–H and O–H groups in total. The lowest BCUT2D eigenvalue weighted by molar-refractivity contribution is 0.405. The molecule has 0 bridgehead atoms. The summed E-state index contributed by atoms with van der Waals surface area (Å²) in [5.41, 5.74) is 0.625. The summed E-state index contributed by atoms with van der Waals surface area (Å²) in [4.78, 5) is 13.7. The Labute approximate surface area is 104 Å². The van der Waals surface area contributed by atoms with E-state index < -0.39 is 0 Å². The quantitative estimate of drug-likeness (QED) is 0.819. The summed E-state index contributed by atoms with van der Waals surface area (Å²) < 4.78 is 1.84. The number of anilines is 1. The van der Waals surface area contributed by atoms with Gasteiger partial charge in [-0.25, -0.2) is 4.68 Å². The van der Waals surface area contributed by atoms with Gasteiger partial charge in [0.25, 0.3) is 5.56 Å². The van der Waals surface area contributed by atoms with Crippen LogP contribution in [0.3, 0.4) is 0 Å². The molecule has 5 nitrogen and oxygen atoms in total. The van der Waals surface area contributed by atoms with Crippen molar-refractivity contribution in [3.05, 3.63) is 21.0 Å². The fourth-order valence-electron chi connectivity index (χ4n) is 1.25. The summed E-state index contributed by atoms with van der Waals surface area (Å²) in [6, 6.07) is 0. The number of nitrogens with one attached hydrogen (secondary N) is 1. The Kier molecular flexibility index (Phi) is 4.95. The summed E-state index contributed by atoms with van der Waals surface area (Å²) in [5.74, 6) is 0. The molecule has 0 aliphatic carbocycles. The van der Waals surface area contributed by atoms with Crippen molar-refractivity contribution in [1.29, 1.82) is 0 Å². The summed E-state index contributed by atoms with van der Waals surface area (Å²) >= 11 is 3.27. The number of halogens is 1. The minimum atomic E-state index is -0.127. The highest BCUT2D eigenvalue weighted by atomic mass is 79.9. The Bertz CT molecular complexity index is 402. The first-order valence-electron chi connectivity index (χ1n) is 5.13. The first-order valence-corrected chi connectivity index (χ1v) is 5.92. The lowest BCUT2D eigenvalue weighted by atomic mass is 10.4. The van der Waals surface area contributed by atoms with E-state index >= 15 is 0 Å². The third-order valence-electron chi connectivity index (χ3n) is 2.18. The molecule has 0 fully saturated rings. The predicted molar refractivity (Wildman–Crippen MR) is 68.8 cm³/mol. The standard InChI is InChI=1S/C10H17BrN4O/c1-14(2)6-4-5-12-8-7-13-15(3)10(16)9(8)11/h7,12H,4-6H2,1-3H3. The predicted octanol–water partition coefficient (Wildman–Crippen LogP) is 0.906. The van der Waals surface area contributed by atoms with E-state index in [1.54, 1.807) is 13.2 Å². The van der Waals surface area contributed by atoms with Gasteiger partial charge in [-0.05, 0) is 43.0 Å². The van der Waals surface area contributed by atoms with Gasteiger partial charge >= 0.3 is 0 Å². The largest absolute Gasteiger partial charge is 0.383 e. The van der Waals surface area contributed by atoms with Crippen LogP contribution in [0.25, 0.3) is 0 Å². The molecule has 0 saturated heterocycles. The third-order valence-corrected chi connectivity index (χ3v) is 2.94. The van der Waals surface area contributed by atoms with E-state index in [4.69, 9.17) is 0 Å². The molecule has 1 rings (SSSR count). The lowest BCUT2D eigenvalue weighted by Gasteiger charge is -2.11. The smallest absolute Gasteiger partial charge is 0.282 e. The molecule has 0 aliphatic rings. The summed E-state index contributed by atoms with van der Waals surface area (Å²) in [5, 5.41) is 7.14. The average Bonchev–Trinajstić information content (AvgIpc) is 2.23. The average molecular weight is 289 g/mol. The molecule has 0 unspecified atom stereocenters. The number of hydrogen-bond donors (Lipinski definition) is 1. The van der Waals surface area contributed by atoms with Gasteiger partial charge in [-0.3, -0.25) is 4.79 Å². The van der Waals surface area contributed by atoms with Crippen molar-refractivity contribution >= 4 is 21.6 Å². The van der Waals surface area contributed by atoms with Crippen LogP contribution >= 0.6 is 15.9 Å². The van der Waals surface area contributed by atoms with Crippen molar-refractivity contribution in [3.8, 4) is 0 Å². The third kappa shape index (κ3) is 3.61. The topological polar surface area (TPSA) is 50.2 Å². The van der Waals surface area contributed by atoms with E-state index in [-0.39, 0.29) is 5.56 Å². The van der Waals surface area contributed by atoms with Crippen LogP contribution < -0.4 is 10.9 Å². The molecule has 1 aromatic heterocycles. The van der Waals surface area contributed by atoms with Crippen molar-refractivity contribution in [2.45, 2.75) is 6.42 Å². The van der Waals surface area contributed by atoms with Crippen molar-refractivity contribution in [3.63, 3.8) is 0 Å². The van der Waals surface area contributed by atoms with Crippen LogP contribution in [0.4, 0.5) is 5.69 Å². The molecule has 1 aromatic rings. The number of hydrogen-bond acceptors (Lipinski definition) is 4. The highest BCUT2D eigenvalue weighted by Crippen LogP contribution is 2.15. The molecular formula is C10H17BrN4O. The number of nitrogens with zero attached hydrogens (tertiary/aromatic N) is 3. The van der Waals surface area contributed by atoms with Gasteiger partial charge in [-0.2, -0.15) is 5.10 Å². The number of aryl methyl sites for hydroxylation is 1. The Hall–Kier alpha value is -0.880. The maximum Gasteiger partial charge on any atom is 0.282 e. The molecule has 16 heavy (non-hydrogen) atoms. The molecule has 6 heteroatoms. The van der Waals surface area contributed by atoms with E-state index in [1.807, 2.05) is 14.1 Å². The molecule has 1 heterocycles. The monoisotopic (exact) mass is 288 g/mol. The van der Waals surface area contributed by atoms with Gasteiger partial charge in [0, 0.05) is 13.6 Å². The molecular weight excluding hydrogens is 272 g/mol. The molecule has 0 atom stereocenters. The zero-order valence-electron chi connectivity index (χ0n) is 9.83. The molecule has 0 aromatic carbocycles. The first-order chi connectivity index (χ1) is 7.52. The molecule has 0 amide bonds. The highest BCUT2D eigenvalue weighted by molar-refractivity contribution is 9.10. The summed E-state index contributed by atoms with van der Waals surface area (Å²) in [7, 11) is 5.70. The van der Waals surface area contributed by atoms with Crippen molar-refractivity contribution in [1.82, 2.24) is 14.7 Å². The zero-order valence-corrected chi connectivity index (χ0v) is 11.4. The normalized spacial score (nSPS) is 10.8. The molecule has 0 saturated carbocycles. The second kappa shape index (κ2) is 6.00. The Balaban J connectivity index is 2.55. The van der Waals surface area contributed by atoms with Crippen molar-refractivity contribution in [2.75, 3.05) is 32.5 Å². The molecule has 0 aliphatic heterocycles. The van der Waals surface area contributed by atoms with Gasteiger partial charge < -0.3 is 10.2 Å². The van der Waals surface area contributed by atoms with Gasteiger partial charge in [0.15, 0.2) is 0 Å². The van der Waals surface area contributed by atoms with Crippen LogP contribution in [0.2, 0.25) is 0 Å². The maximum atomic E-state index is 11.5. The lowest BCUT2D eigenvalue weighted by Crippen LogP contribution is -2.22. The van der Waals surface area contributed by atoms with Crippen molar-refractivity contribution < 1.29 is 0 Å². The highest BCUT2D eigenvalue weighted by Gasteiger charge is 2.05. The van der Waals surface area contributed by atoms with Crippen LogP contribution in [0.5, 0.6) is 0 Å². The van der Waals surface area contributed by atoms with E-state index in [0.717, 1.165) is 25.2 Å². The fourth-order valence-corrected chi connectivity index (χ4v) is 1.75. The van der Waals surface area contributed by atoms with Crippen LogP contribution in [0, 0.1) is 0 Å². The van der Waals surface area contributed by atoms with E-state index in [2.05, 4.69) is 31.2 Å². The molecule has 0 radical (unpaired) electrons. The minimum absolute atomic E-state index is 0.127. The first kappa shape index (κ1) is 13.2. The second-order valence-electron chi connectivity index (χ2n) is 3.88. The molecule has 0 spiro atoms. The minimum Gasteiger partial charge on any atom is -0.383 e. The van der Waals surface area contributed by atoms with Gasteiger partial charge in [-0.15, -0.1) is 0 Å². The number of aromatic nitrogens is 2. The van der Waals surface area contributed by atoms with Crippen molar-refractivity contribution in [2.24, 2.45) is 7.05 Å². The second-order valence-corrected chi connectivity index (χ2v) is 4.68. The van der Waals surface area contributed by atoms with E-state index in [1.165, 1.54) is 4.68 Å². The Morgan fingerprint density at radius 1 is 1.56 bits per heavy atom. The zero-order chi connectivity index (χ0) is 12.1. The van der Waals surface area contributed by atoms with Crippen LogP contribution in [-0.4, -0.2) is 41.9 Å². The van der Waals surface area contributed by atoms with E-state index in [0.29, 0.717) is 4.47 Å². The Morgan fingerprint density at radius 3 is 2.88 bits per heavy atom. The summed E-state index contributed by atoms with van der Waals surface area (Å²) in [6.45, 7) is 1.84. The Morgan fingerprint density at radius 2 is 2.25 bits per heavy atom. The van der Waals surface area contributed by atoms with E-state index in [9.17, 15) is 4.79 Å². The van der Waals surface area contributed by atoms with Gasteiger partial charge in [0.05, 0.1) is 11.9 Å². The van der Waals surface area contributed by atoms with Crippen LogP contribution in [0.1, 0.15) is 6.42 Å². The van der Waals surface area contributed by atoms with Crippen LogP contribution in [0.15, 0.2) is 15.5 Å². The summed E-state index contributed by atoms with van der Waals surface area (Å²) in [6.07, 6.45) is 2.68. The van der Waals surface area contributed by atoms with Gasteiger partial charge in [-0.1, -0.05) is 0 Å². The maximum absolute atomic E-state index is 11.5. The molecule has 90 valence electrons. The van der Waals surface area contributed by atoms with Gasteiger partial charge in [0.2, 0.25) is 0 Å². The fraction of sp³-hybridized carbons (Fsp3) is 0.600.